The number of fused-ring (bicyclic) bond motifs is 1. The molecule has 12 heteroatoms. The summed E-state index contributed by atoms with van der Waals surface area (Å²) in [7, 11) is 2.04. The maximum absolute atomic E-state index is 13.3. The summed E-state index contributed by atoms with van der Waals surface area (Å²) in [6.07, 6.45) is 1.43. The average molecular weight is 601 g/mol. The highest BCUT2D eigenvalue weighted by Crippen LogP contribution is 2.29. The first-order chi connectivity index (χ1) is 17.1. The van der Waals surface area contributed by atoms with Crippen LogP contribution in [0.25, 0.3) is 10.9 Å². The number of carbonyl (C=O) groups excluding carboxylic acids is 2. The van der Waals surface area contributed by atoms with Crippen molar-refractivity contribution in [2.75, 3.05) is 31.1 Å². The number of hydrogen-bond acceptors (Lipinski definition) is 8. The largest absolute Gasteiger partial charge is 0.382 e. The zero-order valence-electron chi connectivity index (χ0n) is 20.4. The van der Waals surface area contributed by atoms with E-state index in [9.17, 15) is 9.59 Å². The second kappa shape index (κ2) is 8.91. The molecule has 1 fully saturated rings. The standard InChI is InChI=1S/C24H28IN9O2/c1-12-13(2)33(3)16-5-4-14(10-15(12)16)22(36)34-8-6-24(7-9-34)11-28-23(32-24)31-21(35)17-19(26)30-20(27)18(25)29-17/h4-5,10H,6-9,11H2,1-3H3,(H4,26,27,30)(H2,28,31,32,35). The van der Waals surface area contributed by atoms with Crippen molar-refractivity contribution in [3.8, 4) is 0 Å². The number of benzene rings is 1. The summed E-state index contributed by atoms with van der Waals surface area (Å²) in [5.41, 5.74) is 15.4. The summed E-state index contributed by atoms with van der Waals surface area (Å²) in [5.74, 6) is 0.0377. The molecule has 0 atom stereocenters. The van der Waals surface area contributed by atoms with Gasteiger partial charge in [-0.05, 0) is 73.0 Å². The molecule has 1 saturated heterocycles. The Kier molecular flexibility index (Phi) is 6.01. The second-order valence-electron chi connectivity index (χ2n) is 9.45. The first-order valence-corrected chi connectivity index (χ1v) is 12.7. The molecule has 2 aliphatic rings. The van der Waals surface area contributed by atoms with Gasteiger partial charge in [-0.1, -0.05) is 0 Å². The topological polar surface area (TPSA) is 157 Å². The van der Waals surface area contributed by atoms with Gasteiger partial charge in [-0.25, -0.2) is 9.97 Å². The van der Waals surface area contributed by atoms with E-state index in [-0.39, 0.29) is 28.8 Å². The summed E-state index contributed by atoms with van der Waals surface area (Å²) in [5, 5.41) is 7.20. The minimum absolute atomic E-state index is 0.000261. The number of piperidine rings is 1. The number of carbonyl (C=O) groups is 2. The lowest BCUT2D eigenvalue weighted by atomic mass is 9.88. The Morgan fingerprint density at radius 2 is 1.86 bits per heavy atom. The zero-order chi connectivity index (χ0) is 25.8. The van der Waals surface area contributed by atoms with Gasteiger partial charge >= 0.3 is 0 Å². The van der Waals surface area contributed by atoms with Crippen LogP contribution in [0, 0.1) is 17.5 Å². The maximum Gasteiger partial charge on any atom is 0.280 e. The van der Waals surface area contributed by atoms with Crippen molar-refractivity contribution < 1.29 is 9.59 Å². The number of nitrogens with one attached hydrogen (secondary N) is 2. The third-order valence-electron chi connectivity index (χ3n) is 7.34. The molecule has 1 aromatic carbocycles. The van der Waals surface area contributed by atoms with E-state index in [0.717, 1.165) is 23.7 Å². The summed E-state index contributed by atoms with van der Waals surface area (Å²) < 4.78 is 2.55. The molecule has 0 saturated carbocycles. The van der Waals surface area contributed by atoms with E-state index in [1.54, 1.807) is 0 Å². The number of rotatable bonds is 2. The fourth-order valence-corrected chi connectivity index (χ4v) is 5.26. The van der Waals surface area contributed by atoms with Gasteiger partial charge in [-0.3, -0.25) is 19.9 Å². The maximum atomic E-state index is 13.3. The number of halogens is 1. The molecule has 2 amide bonds. The Morgan fingerprint density at radius 1 is 1.14 bits per heavy atom. The molecule has 2 aromatic heterocycles. The Labute approximate surface area is 221 Å². The normalized spacial score (nSPS) is 16.8. The van der Waals surface area contributed by atoms with Crippen molar-refractivity contribution >= 4 is 62.9 Å². The van der Waals surface area contributed by atoms with E-state index in [2.05, 4.69) is 44.0 Å². The number of aryl methyl sites for hydroxylation is 2. The van der Waals surface area contributed by atoms with Crippen molar-refractivity contribution in [1.29, 1.82) is 0 Å². The molecule has 1 spiro atoms. The van der Waals surface area contributed by atoms with Gasteiger partial charge in [0, 0.05) is 42.3 Å². The van der Waals surface area contributed by atoms with E-state index >= 15 is 0 Å². The number of nitrogen functional groups attached to an aromatic ring is 2. The number of hydrogen-bond donors (Lipinski definition) is 4. The molecule has 0 bridgehead atoms. The van der Waals surface area contributed by atoms with Crippen molar-refractivity contribution in [3.05, 3.63) is 44.4 Å². The summed E-state index contributed by atoms with van der Waals surface area (Å²) in [6, 6.07) is 5.93. The van der Waals surface area contributed by atoms with Crippen LogP contribution in [0.1, 0.15) is 44.9 Å². The minimum atomic E-state index is -0.504. The number of likely N-dealkylation sites (tertiary alicyclic amines) is 1. The first-order valence-electron chi connectivity index (χ1n) is 11.7. The zero-order valence-corrected chi connectivity index (χ0v) is 22.5. The number of guanidine groups is 1. The van der Waals surface area contributed by atoms with Crippen LogP contribution in [0.5, 0.6) is 0 Å². The number of nitrogens with zero attached hydrogens (tertiary/aromatic N) is 5. The number of aromatic nitrogens is 3. The van der Waals surface area contributed by atoms with Gasteiger partial charge in [0.05, 0.1) is 12.1 Å². The van der Waals surface area contributed by atoms with E-state index in [4.69, 9.17) is 11.5 Å². The van der Waals surface area contributed by atoms with Gasteiger partial charge in [-0.15, -0.1) is 0 Å². The van der Waals surface area contributed by atoms with Gasteiger partial charge in [0.2, 0.25) is 0 Å². The second-order valence-corrected chi connectivity index (χ2v) is 10.5. The van der Waals surface area contributed by atoms with Gasteiger partial charge in [-0.2, -0.15) is 0 Å². The van der Waals surface area contributed by atoms with Crippen molar-refractivity contribution in [3.63, 3.8) is 0 Å². The van der Waals surface area contributed by atoms with Crippen molar-refractivity contribution in [1.82, 2.24) is 30.1 Å². The monoisotopic (exact) mass is 601 g/mol. The number of anilines is 2. The molecule has 5 rings (SSSR count). The molecule has 0 unspecified atom stereocenters. The summed E-state index contributed by atoms with van der Waals surface area (Å²) >= 11 is 1.90. The number of amides is 2. The van der Waals surface area contributed by atoms with Gasteiger partial charge in [0.25, 0.3) is 11.8 Å². The van der Waals surface area contributed by atoms with Crippen LogP contribution >= 0.6 is 22.6 Å². The summed E-state index contributed by atoms with van der Waals surface area (Å²) in [6.45, 7) is 5.89. The number of aliphatic imine (C=N–C) groups is 1. The number of nitrogens with two attached hydrogens (primary N) is 2. The Balaban J connectivity index is 1.22. The molecular weight excluding hydrogens is 573 g/mol. The lowest BCUT2D eigenvalue weighted by molar-refractivity contribution is 0.0668. The van der Waals surface area contributed by atoms with E-state index in [1.165, 1.54) is 11.3 Å². The van der Waals surface area contributed by atoms with Crippen LogP contribution in [0.3, 0.4) is 0 Å². The fraction of sp³-hybridized carbons (Fsp3) is 0.375. The Hall–Kier alpha value is -3.42. The molecule has 36 heavy (non-hydrogen) atoms. The predicted octanol–water partition coefficient (Wildman–Crippen LogP) is 1.72. The third-order valence-corrected chi connectivity index (χ3v) is 8.13. The van der Waals surface area contributed by atoms with E-state index in [0.29, 0.717) is 34.9 Å². The van der Waals surface area contributed by atoms with Gasteiger partial charge in [0.15, 0.2) is 23.3 Å². The van der Waals surface area contributed by atoms with E-state index < -0.39 is 5.91 Å². The van der Waals surface area contributed by atoms with Crippen LogP contribution < -0.4 is 22.1 Å². The average Bonchev–Trinajstić information content (AvgIpc) is 3.34. The lowest BCUT2D eigenvalue weighted by Crippen LogP contribution is -2.57. The van der Waals surface area contributed by atoms with Crippen LogP contribution in [0.2, 0.25) is 0 Å². The van der Waals surface area contributed by atoms with Crippen LogP contribution in [-0.2, 0) is 7.05 Å². The van der Waals surface area contributed by atoms with Crippen LogP contribution in [0.4, 0.5) is 11.6 Å². The summed E-state index contributed by atoms with van der Waals surface area (Å²) in [4.78, 5) is 40.4. The molecule has 3 aromatic rings. The molecule has 6 N–H and O–H groups in total. The molecule has 188 valence electrons. The molecule has 0 radical (unpaired) electrons. The Bertz CT molecular complexity index is 1440. The van der Waals surface area contributed by atoms with Gasteiger partial charge in [0.1, 0.15) is 3.70 Å². The fourth-order valence-electron chi connectivity index (χ4n) is 4.90. The van der Waals surface area contributed by atoms with Crippen LogP contribution in [0.15, 0.2) is 23.2 Å². The molecule has 0 aliphatic carbocycles. The molecular formula is C24H28IN9O2. The highest BCUT2D eigenvalue weighted by molar-refractivity contribution is 14.1. The van der Waals surface area contributed by atoms with Crippen molar-refractivity contribution in [2.24, 2.45) is 12.0 Å². The molecule has 2 aliphatic heterocycles. The first kappa shape index (κ1) is 24.3. The smallest absolute Gasteiger partial charge is 0.280 e. The molecule has 11 nitrogen and oxygen atoms in total. The lowest BCUT2D eigenvalue weighted by Gasteiger charge is -2.39. The van der Waals surface area contributed by atoms with Crippen molar-refractivity contribution in [2.45, 2.75) is 32.2 Å². The third kappa shape index (κ3) is 4.12. The van der Waals surface area contributed by atoms with E-state index in [1.807, 2.05) is 52.7 Å². The minimum Gasteiger partial charge on any atom is -0.382 e. The quantitative estimate of drug-likeness (QED) is 0.326. The van der Waals surface area contributed by atoms with Gasteiger partial charge < -0.3 is 26.3 Å². The Morgan fingerprint density at radius 3 is 2.58 bits per heavy atom. The van der Waals surface area contributed by atoms with Crippen LogP contribution in [-0.4, -0.2) is 62.4 Å². The highest BCUT2D eigenvalue weighted by Gasteiger charge is 2.40. The molecule has 4 heterocycles. The SMILES string of the molecule is Cc1c(C)n(C)c2ccc(C(=O)N3CCC4(CC3)CN=C(NC(=O)c3nc(I)c(N)nc3N)N4)cc12. The predicted molar refractivity (Wildman–Crippen MR) is 147 cm³/mol. The highest BCUT2D eigenvalue weighted by atomic mass is 127.